The molecule has 0 saturated carbocycles. The SMILES string of the molecule is CCOc1cncc(NCCCNCc2cccnc2)n1. The average Bonchev–Trinajstić information content (AvgIpc) is 2.52. The second-order valence-electron chi connectivity index (χ2n) is 4.49. The maximum atomic E-state index is 5.31. The summed E-state index contributed by atoms with van der Waals surface area (Å²) in [4.78, 5) is 12.5. The molecule has 0 amide bonds. The van der Waals surface area contributed by atoms with Gasteiger partial charge in [0.1, 0.15) is 5.82 Å². The number of aromatic nitrogens is 3. The quantitative estimate of drug-likeness (QED) is 0.686. The summed E-state index contributed by atoms with van der Waals surface area (Å²) in [5.41, 5.74) is 1.20. The molecular formula is C15H21N5O. The van der Waals surface area contributed by atoms with Crippen LogP contribution in [0.1, 0.15) is 18.9 Å². The molecule has 0 fully saturated rings. The zero-order valence-corrected chi connectivity index (χ0v) is 12.2. The van der Waals surface area contributed by atoms with Gasteiger partial charge in [-0.05, 0) is 31.5 Å². The Hall–Kier alpha value is -2.21. The number of nitrogens with one attached hydrogen (secondary N) is 2. The fraction of sp³-hybridized carbons (Fsp3) is 0.400. The largest absolute Gasteiger partial charge is 0.477 e. The van der Waals surface area contributed by atoms with Crippen molar-refractivity contribution in [2.75, 3.05) is 25.0 Å². The third-order valence-corrected chi connectivity index (χ3v) is 2.79. The van der Waals surface area contributed by atoms with Crippen LogP contribution in [0.3, 0.4) is 0 Å². The first-order chi connectivity index (χ1) is 10.4. The lowest BCUT2D eigenvalue weighted by molar-refractivity contribution is 0.325. The Balaban J connectivity index is 1.60. The zero-order chi connectivity index (χ0) is 14.8. The van der Waals surface area contributed by atoms with E-state index in [1.54, 1.807) is 18.6 Å². The lowest BCUT2D eigenvalue weighted by Gasteiger charge is -2.08. The molecule has 0 aliphatic carbocycles. The van der Waals surface area contributed by atoms with Crippen molar-refractivity contribution in [2.45, 2.75) is 19.9 Å². The van der Waals surface area contributed by atoms with Crippen molar-refractivity contribution in [3.63, 3.8) is 0 Å². The molecule has 0 bridgehead atoms. The topological polar surface area (TPSA) is 72.0 Å². The highest BCUT2D eigenvalue weighted by Crippen LogP contribution is 2.08. The molecule has 6 heteroatoms. The average molecular weight is 287 g/mol. The van der Waals surface area contributed by atoms with E-state index in [2.05, 4.69) is 31.7 Å². The van der Waals surface area contributed by atoms with Crippen LogP contribution in [-0.4, -0.2) is 34.6 Å². The van der Waals surface area contributed by atoms with Crippen LogP contribution in [0.15, 0.2) is 36.9 Å². The molecule has 0 saturated heterocycles. The Morgan fingerprint density at radius 2 is 2.10 bits per heavy atom. The number of nitrogens with zero attached hydrogens (tertiary/aromatic N) is 3. The van der Waals surface area contributed by atoms with Gasteiger partial charge in [-0.3, -0.25) is 9.97 Å². The normalized spacial score (nSPS) is 10.3. The van der Waals surface area contributed by atoms with Gasteiger partial charge in [0.15, 0.2) is 0 Å². The monoisotopic (exact) mass is 287 g/mol. The molecule has 0 atom stereocenters. The molecule has 0 aliphatic rings. The summed E-state index contributed by atoms with van der Waals surface area (Å²) in [6.07, 6.45) is 7.97. The van der Waals surface area contributed by atoms with Gasteiger partial charge in [-0.25, -0.2) is 0 Å². The van der Waals surface area contributed by atoms with E-state index >= 15 is 0 Å². The molecule has 0 radical (unpaired) electrons. The molecule has 2 heterocycles. The van der Waals surface area contributed by atoms with E-state index < -0.39 is 0 Å². The highest BCUT2D eigenvalue weighted by molar-refractivity contribution is 5.32. The Kier molecular flexibility index (Phi) is 6.41. The number of ether oxygens (including phenoxy) is 1. The van der Waals surface area contributed by atoms with E-state index in [1.165, 1.54) is 5.56 Å². The minimum absolute atomic E-state index is 0.553. The van der Waals surface area contributed by atoms with Crippen LogP contribution in [0.5, 0.6) is 5.88 Å². The van der Waals surface area contributed by atoms with Crippen molar-refractivity contribution < 1.29 is 4.74 Å². The van der Waals surface area contributed by atoms with Crippen molar-refractivity contribution in [1.29, 1.82) is 0 Å². The van der Waals surface area contributed by atoms with E-state index in [9.17, 15) is 0 Å². The summed E-state index contributed by atoms with van der Waals surface area (Å²) in [5.74, 6) is 1.30. The minimum atomic E-state index is 0.553. The first-order valence-electron chi connectivity index (χ1n) is 7.17. The third kappa shape index (κ3) is 5.74. The molecule has 0 unspecified atom stereocenters. The van der Waals surface area contributed by atoms with Gasteiger partial charge in [-0.1, -0.05) is 6.07 Å². The van der Waals surface area contributed by atoms with Crippen LogP contribution in [0.25, 0.3) is 0 Å². The van der Waals surface area contributed by atoms with Crippen molar-refractivity contribution in [3.05, 3.63) is 42.5 Å². The van der Waals surface area contributed by atoms with Gasteiger partial charge >= 0.3 is 0 Å². The number of pyridine rings is 1. The molecule has 0 aliphatic heterocycles. The summed E-state index contributed by atoms with van der Waals surface area (Å²) in [5, 5.41) is 6.62. The van der Waals surface area contributed by atoms with Gasteiger partial charge in [0.2, 0.25) is 5.88 Å². The highest BCUT2D eigenvalue weighted by Gasteiger charge is 1.98. The van der Waals surface area contributed by atoms with Gasteiger partial charge in [0.25, 0.3) is 0 Å². The molecule has 2 aromatic rings. The number of rotatable bonds is 9. The number of hydrogen-bond donors (Lipinski definition) is 2. The maximum absolute atomic E-state index is 5.31. The van der Waals surface area contributed by atoms with Gasteiger partial charge in [-0.2, -0.15) is 4.98 Å². The molecule has 112 valence electrons. The van der Waals surface area contributed by atoms with Crippen molar-refractivity contribution in [1.82, 2.24) is 20.3 Å². The third-order valence-electron chi connectivity index (χ3n) is 2.79. The molecule has 2 N–H and O–H groups in total. The second kappa shape index (κ2) is 8.86. The van der Waals surface area contributed by atoms with E-state index in [-0.39, 0.29) is 0 Å². The first kappa shape index (κ1) is 15.2. The van der Waals surface area contributed by atoms with Crippen molar-refractivity contribution in [2.24, 2.45) is 0 Å². The summed E-state index contributed by atoms with van der Waals surface area (Å²) >= 11 is 0. The zero-order valence-electron chi connectivity index (χ0n) is 12.2. The number of anilines is 1. The molecule has 2 aromatic heterocycles. The predicted molar refractivity (Wildman–Crippen MR) is 82.3 cm³/mol. The lowest BCUT2D eigenvalue weighted by Crippen LogP contribution is -2.18. The van der Waals surface area contributed by atoms with Crippen LogP contribution in [-0.2, 0) is 6.54 Å². The van der Waals surface area contributed by atoms with Gasteiger partial charge in [0, 0.05) is 25.5 Å². The minimum Gasteiger partial charge on any atom is -0.477 e. The molecule has 21 heavy (non-hydrogen) atoms. The van der Waals surface area contributed by atoms with Crippen LogP contribution in [0.2, 0.25) is 0 Å². The summed E-state index contributed by atoms with van der Waals surface area (Å²) in [7, 11) is 0. The van der Waals surface area contributed by atoms with Crippen molar-refractivity contribution in [3.8, 4) is 5.88 Å². The molecule has 6 nitrogen and oxygen atoms in total. The predicted octanol–water partition coefficient (Wildman–Crippen LogP) is 1.86. The second-order valence-corrected chi connectivity index (χ2v) is 4.49. The smallest absolute Gasteiger partial charge is 0.234 e. The van der Waals surface area contributed by atoms with Crippen LogP contribution in [0.4, 0.5) is 5.82 Å². The van der Waals surface area contributed by atoms with Gasteiger partial charge < -0.3 is 15.4 Å². The standard InChI is InChI=1S/C15H21N5O/c1-2-21-15-12-18-11-14(20-15)19-8-4-7-17-10-13-5-3-6-16-9-13/h3,5-6,9,11-12,17H,2,4,7-8,10H2,1H3,(H,19,20). The lowest BCUT2D eigenvalue weighted by atomic mass is 10.3. The maximum Gasteiger partial charge on any atom is 0.234 e. The van der Waals surface area contributed by atoms with E-state index in [0.717, 1.165) is 31.9 Å². The van der Waals surface area contributed by atoms with Crippen LogP contribution in [0, 0.1) is 0 Å². The first-order valence-corrected chi connectivity index (χ1v) is 7.17. The highest BCUT2D eigenvalue weighted by atomic mass is 16.5. The van der Waals surface area contributed by atoms with E-state index in [1.807, 2.05) is 19.2 Å². The summed E-state index contributed by atoms with van der Waals surface area (Å²) in [6, 6.07) is 4.01. The fourth-order valence-electron chi connectivity index (χ4n) is 1.82. The van der Waals surface area contributed by atoms with Crippen LogP contribution < -0.4 is 15.4 Å². The Bertz CT molecular complexity index is 520. The van der Waals surface area contributed by atoms with Gasteiger partial charge in [-0.15, -0.1) is 0 Å². The Morgan fingerprint density at radius 3 is 2.90 bits per heavy atom. The van der Waals surface area contributed by atoms with Gasteiger partial charge in [0.05, 0.1) is 19.0 Å². The van der Waals surface area contributed by atoms with Crippen molar-refractivity contribution >= 4 is 5.82 Å². The number of hydrogen-bond acceptors (Lipinski definition) is 6. The Labute approximate surface area is 125 Å². The Morgan fingerprint density at radius 1 is 1.14 bits per heavy atom. The molecule has 0 spiro atoms. The molecular weight excluding hydrogens is 266 g/mol. The molecule has 0 aromatic carbocycles. The fourth-order valence-corrected chi connectivity index (χ4v) is 1.82. The summed E-state index contributed by atoms with van der Waals surface area (Å²) in [6.45, 7) is 5.13. The van der Waals surface area contributed by atoms with E-state index in [0.29, 0.717) is 12.5 Å². The summed E-state index contributed by atoms with van der Waals surface area (Å²) < 4.78 is 5.31. The van der Waals surface area contributed by atoms with Crippen LogP contribution >= 0.6 is 0 Å². The molecule has 2 rings (SSSR count). The van der Waals surface area contributed by atoms with E-state index in [4.69, 9.17) is 4.74 Å².